The summed E-state index contributed by atoms with van der Waals surface area (Å²) in [4.78, 5) is 0. The molecule has 0 fully saturated rings. The number of hydrogen-bond acceptors (Lipinski definition) is 2. The van der Waals surface area contributed by atoms with E-state index in [2.05, 4.69) is 18.2 Å². The van der Waals surface area contributed by atoms with Crippen molar-refractivity contribution in [2.75, 3.05) is 25.1 Å². The lowest BCUT2D eigenvalue weighted by atomic mass is 10.5. The zero-order valence-corrected chi connectivity index (χ0v) is 6.84. The quantitative estimate of drug-likeness (QED) is 0.449. The van der Waals surface area contributed by atoms with E-state index >= 15 is 0 Å². The molecule has 9 heavy (non-hydrogen) atoms. The summed E-state index contributed by atoms with van der Waals surface area (Å²) in [6.45, 7) is 5.67. The summed E-state index contributed by atoms with van der Waals surface area (Å²) < 4.78 is 0. The van der Waals surface area contributed by atoms with Gasteiger partial charge in [0, 0.05) is 6.54 Å². The Morgan fingerprint density at radius 1 is 1.67 bits per heavy atom. The molecule has 0 aromatic rings. The normalized spacial score (nSPS) is 9.44. The van der Waals surface area contributed by atoms with Crippen LogP contribution in [0.25, 0.3) is 0 Å². The van der Waals surface area contributed by atoms with Crippen LogP contribution >= 0.6 is 11.8 Å². The smallest absolute Gasteiger partial charge is 0.0132 e. The molecule has 2 heteroatoms. The van der Waals surface area contributed by atoms with Crippen LogP contribution in [0.3, 0.4) is 0 Å². The molecule has 0 aliphatic carbocycles. The molecule has 0 saturated carbocycles. The predicted molar refractivity (Wildman–Crippen MR) is 46.1 cm³/mol. The van der Waals surface area contributed by atoms with Gasteiger partial charge < -0.3 is 5.32 Å². The first-order chi connectivity index (χ1) is 4.41. The zero-order valence-electron chi connectivity index (χ0n) is 6.02. The summed E-state index contributed by atoms with van der Waals surface area (Å²) in [5.41, 5.74) is 0. The molecule has 0 unspecified atom stereocenters. The topological polar surface area (TPSA) is 12.0 Å². The van der Waals surface area contributed by atoms with Gasteiger partial charge in [-0.1, -0.05) is 6.08 Å². The Morgan fingerprint density at radius 2 is 2.44 bits per heavy atom. The van der Waals surface area contributed by atoms with Crippen molar-refractivity contribution in [3.05, 3.63) is 12.7 Å². The summed E-state index contributed by atoms with van der Waals surface area (Å²) in [5.74, 6) is 1.25. The van der Waals surface area contributed by atoms with Crippen molar-refractivity contribution >= 4 is 11.8 Å². The van der Waals surface area contributed by atoms with Crippen LogP contribution in [0, 0.1) is 0 Å². The van der Waals surface area contributed by atoms with E-state index in [0.717, 1.165) is 13.1 Å². The van der Waals surface area contributed by atoms with Crippen LogP contribution in [0.1, 0.15) is 6.42 Å². The number of rotatable bonds is 6. The lowest BCUT2D eigenvalue weighted by molar-refractivity contribution is 0.734. The molecule has 0 aliphatic rings. The Hall–Kier alpha value is 0.0500. The highest BCUT2D eigenvalue weighted by Crippen LogP contribution is 1.92. The van der Waals surface area contributed by atoms with Gasteiger partial charge in [-0.2, -0.15) is 11.8 Å². The second kappa shape index (κ2) is 8.05. The second-order valence-electron chi connectivity index (χ2n) is 1.84. The Bertz CT molecular complexity index is 63.9. The number of thioether (sulfide) groups is 1. The van der Waals surface area contributed by atoms with Gasteiger partial charge in [0.05, 0.1) is 0 Å². The molecule has 0 heterocycles. The molecule has 0 spiro atoms. The van der Waals surface area contributed by atoms with Crippen molar-refractivity contribution in [2.45, 2.75) is 6.42 Å². The molecule has 0 atom stereocenters. The van der Waals surface area contributed by atoms with Crippen LogP contribution in [0.4, 0.5) is 0 Å². The molecule has 0 amide bonds. The SMILES string of the molecule is C=CCNCCCSC. The van der Waals surface area contributed by atoms with Crippen molar-refractivity contribution in [1.29, 1.82) is 0 Å². The molecule has 1 nitrogen and oxygen atoms in total. The van der Waals surface area contributed by atoms with Crippen LogP contribution in [-0.4, -0.2) is 25.1 Å². The van der Waals surface area contributed by atoms with E-state index in [-0.39, 0.29) is 0 Å². The fraction of sp³-hybridized carbons (Fsp3) is 0.714. The van der Waals surface area contributed by atoms with Crippen LogP contribution < -0.4 is 5.32 Å². The maximum absolute atomic E-state index is 3.61. The molecule has 0 rings (SSSR count). The van der Waals surface area contributed by atoms with E-state index in [9.17, 15) is 0 Å². The first kappa shape index (κ1) is 9.05. The van der Waals surface area contributed by atoms with Gasteiger partial charge in [-0.15, -0.1) is 6.58 Å². The third-order valence-corrected chi connectivity index (χ3v) is 1.69. The minimum Gasteiger partial charge on any atom is -0.313 e. The molecule has 0 bridgehead atoms. The molecular formula is C7H15NS. The third-order valence-electron chi connectivity index (χ3n) is 0.991. The highest BCUT2D eigenvalue weighted by molar-refractivity contribution is 7.98. The fourth-order valence-electron chi connectivity index (χ4n) is 0.546. The summed E-state index contributed by atoms with van der Waals surface area (Å²) in [6.07, 6.45) is 5.28. The zero-order chi connectivity index (χ0) is 6.95. The first-order valence-corrected chi connectivity index (χ1v) is 4.61. The minimum atomic E-state index is 0.939. The van der Waals surface area contributed by atoms with E-state index in [1.165, 1.54) is 12.2 Å². The standard InChI is InChI=1S/C7H15NS/c1-3-5-8-6-4-7-9-2/h3,8H,1,4-7H2,2H3. The molecule has 54 valence electrons. The fourth-order valence-corrected chi connectivity index (χ4v) is 0.979. The molecule has 0 aromatic heterocycles. The molecule has 0 radical (unpaired) electrons. The van der Waals surface area contributed by atoms with Gasteiger partial charge in [-0.25, -0.2) is 0 Å². The Labute approximate surface area is 61.9 Å². The van der Waals surface area contributed by atoms with Crippen molar-refractivity contribution < 1.29 is 0 Å². The highest BCUT2D eigenvalue weighted by Gasteiger charge is 1.82. The lowest BCUT2D eigenvalue weighted by Gasteiger charge is -1.97. The molecule has 0 aliphatic heterocycles. The Kier molecular flexibility index (Phi) is 8.09. The van der Waals surface area contributed by atoms with E-state index in [4.69, 9.17) is 0 Å². The average Bonchev–Trinajstić information content (AvgIpc) is 1.89. The van der Waals surface area contributed by atoms with Crippen LogP contribution in [-0.2, 0) is 0 Å². The average molecular weight is 145 g/mol. The van der Waals surface area contributed by atoms with Gasteiger partial charge in [0.1, 0.15) is 0 Å². The summed E-state index contributed by atoms with van der Waals surface area (Å²) in [5, 5.41) is 3.24. The van der Waals surface area contributed by atoms with Crippen LogP contribution in [0.5, 0.6) is 0 Å². The first-order valence-electron chi connectivity index (χ1n) is 3.22. The van der Waals surface area contributed by atoms with Gasteiger partial charge >= 0.3 is 0 Å². The summed E-state index contributed by atoms with van der Waals surface area (Å²) in [6, 6.07) is 0. The second-order valence-corrected chi connectivity index (χ2v) is 2.82. The van der Waals surface area contributed by atoms with Crippen molar-refractivity contribution in [1.82, 2.24) is 5.32 Å². The predicted octanol–water partition coefficient (Wildman–Crippen LogP) is 1.52. The minimum absolute atomic E-state index is 0.939. The van der Waals surface area contributed by atoms with Gasteiger partial charge in [0.15, 0.2) is 0 Å². The molecule has 0 saturated heterocycles. The summed E-state index contributed by atoms with van der Waals surface area (Å²) >= 11 is 1.89. The van der Waals surface area contributed by atoms with E-state index in [1.54, 1.807) is 0 Å². The molecule has 0 aromatic carbocycles. The van der Waals surface area contributed by atoms with Gasteiger partial charge in [0.2, 0.25) is 0 Å². The van der Waals surface area contributed by atoms with E-state index in [1.807, 2.05) is 17.8 Å². The number of hydrogen-bond donors (Lipinski definition) is 1. The van der Waals surface area contributed by atoms with Crippen molar-refractivity contribution in [3.63, 3.8) is 0 Å². The molecular weight excluding hydrogens is 130 g/mol. The van der Waals surface area contributed by atoms with Gasteiger partial charge in [0.25, 0.3) is 0 Å². The summed E-state index contributed by atoms with van der Waals surface area (Å²) in [7, 11) is 0. The maximum atomic E-state index is 3.61. The Morgan fingerprint density at radius 3 is 3.00 bits per heavy atom. The monoisotopic (exact) mass is 145 g/mol. The van der Waals surface area contributed by atoms with E-state index in [0.29, 0.717) is 0 Å². The maximum Gasteiger partial charge on any atom is 0.0132 e. The highest BCUT2D eigenvalue weighted by atomic mass is 32.2. The van der Waals surface area contributed by atoms with E-state index < -0.39 is 0 Å². The van der Waals surface area contributed by atoms with Gasteiger partial charge in [-0.05, 0) is 25.0 Å². The lowest BCUT2D eigenvalue weighted by Crippen LogP contribution is -2.15. The van der Waals surface area contributed by atoms with Crippen molar-refractivity contribution in [2.24, 2.45) is 0 Å². The number of nitrogens with one attached hydrogen (secondary N) is 1. The van der Waals surface area contributed by atoms with Crippen molar-refractivity contribution in [3.8, 4) is 0 Å². The third kappa shape index (κ3) is 8.05. The van der Waals surface area contributed by atoms with Crippen LogP contribution in [0.15, 0.2) is 12.7 Å². The van der Waals surface area contributed by atoms with Gasteiger partial charge in [-0.3, -0.25) is 0 Å². The largest absolute Gasteiger partial charge is 0.313 e. The Balaban J connectivity index is 2.66. The molecule has 1 N–H and O–H groups in total. The van der Waals surface area contributed by atoms with Crippen LogP contribution in [0.2, 0.25) is 0 Å².